The van der Waals surface area contributed by atoms with Gasteiger partial charge in [-0.2, -0.15) is 17.5 Å². The van der Waals surface area contributed by atoms with Crippen molar-refractivity contribution in [3.05, 3.63) is 54.1 Å². The highest BCUT2D eigenvalue weighted by Crippen LogP contribution is 2.32. The van der Waals surface area contributed by atoms with Crippen LogP contribution in [0.4, 0.5) is 13.2 Å². The molecular weight excluding hydrogens is 463 g/mol. The zero-order valence-electron chi connectivity index (χ0n) is 17.9. The molecule has 2 aromatic rings. The largest absolute Gasteiger partial charge is 0.497 e. The van der Waals surface area contributed by atoms with Crippen LogP contribution in [0.5, 0.6) is 11.5 Å². The molecule has 1 aliphatic rings. The Morgan fingerprint density at radius 1 is 1.03 bits per heavy atom. The highest BCUT2D eigenvalue weighted by Gasteiger charge is 2.35. The monoisotopic (exact) mass is 487 g/mol. The quantitative estimate of drug-likeness (QED) is 0.417. The maximum atomic E-state index is 12.9. The molecular formula is C22H24F3NO6S. The van der Waals surface area contributed by atoms with E-state index in [0.717, 1.165) is 22.5 Å². The van der Waals surface area contributed by atoms with E-state index in [1.807, 2.05) is 0 Å². The Morgan fingerprint density at radius 3 is 2.27 bits per heavy atom. The Kier molecular flexibility index (Phi) is 7.85. The van der Waals surface area contributed by atoms with E-state index >= 15 is 0 Å². The fourth-order valence-electron chi connectivity index (χ4n) is 3.41. The number of esters is 1. The molecule has 3 rings (SSSR count). The van der Waals surface area contributed by atoms with Gasteiger partial charge >= 0.3 is 12.1 Å². The van der Waals surface area contributed by atoms with E-state index in [1.165, 1.54) is 0 Å². The van der Waals surface area contributed by atoms with Crippen molar-refractivity contribution >= 4 is 16.0 Å². The molecule has 0 saturated carbocycles. The van der Waals surface area contributed by atoms with Crippen molar-refractivity contribution in [2.75, 3.05) is 33.4 Å². The number of benzene rings is 2. The highest BCUT2D eigenvalue weighted by molar-refractivity contribution is 7.89. The summed E-state index contributed by atoms with van der Waals surface area (Å²) in [4.78, 5) is 11.9. The summed E-state index contributed by atoms with van der Waals surface area (Å²) in [6.45, 7) is 0.218. The van der Waals surface area contributed by atoms with E-state index in [0.29, 0.717) is 17.6 Å². The van der Waals surface area contributed by atoms with Crippen LogP contribution in [-0.4, -0.2) is 52.1 Å². The summed E-state index contributed by atoms with van der Waals surface area (Å²) in [6.07, 6.45) is -4.20. The van der Waals surface area contributed by atoms with Crippen LogP contribution in [0.15, 0.2) is 53.4 Å². The minimum absolute atomic E-state index is 0.0146. The third-order valence-electron chi connectivity index (χ3n) is 5.24. The molecule has 0 amide bonds. The maximum absolute atomic E-state index is 12.9. The Balaban J connectivity index is 1.47. The predicted molar refractivity (Wildman–Crippen MR) is 112 cm³/mol. The van der Waals surface area contributed by atoms with Gasteiger partial charge in [0.15, 0.2) is 0 Å². The predicted octanol–water partition coefficient (Wildman–Crippen LogP) is 3.74. The van der Waals surface area contributed by atoms with Gasteiger partial charge in [0.1, 0.15) is 24.7 Å². The molecule has 2 aromatic carbocycles. The third kappa shape index (κ3) is 6.38. The van der Waals surface area contributed by atoms with E-state index in [2.05, 4.69) is 0 Å². The molecule has 0 bridgehead atoms. The molecule has 0 aliphatic carbocycles. The topological polar surface area (TPSA) is 82.1 Å². The number of rotatable bonds is 8. The van der Waals surface area contributed by atoms with Gasteiger partial charge in [-0.05, 0) is 55.3 Å². The lowest BCUT2D eigenvalue weighted by atomic mass is 9.98. The summed E-state index contributed by atoms with van der Waals surface area (Å²) < 4.78 is 81.1. The van der Waals surface area contributed by atoms with Gasteiger partial charge in [0.2, 0.25) is 10.0 Å². The van der Waals surface area contributed by atoms with Crippen LogP contribution in [0, 0.1) is 5.92 Å². The zero-order chi connectivity index (χ0) is 24.1. The van der Waals surface area contributed by atoms with E-state index in [-0.39, 0.29) is 39.1 Å². The van der Waals surface area contributed by atoms with E-state index in [1.54, 1.807) is 31.4 Å². The minimum atomic E-state index is -4.64. The fourth-order valence-corrected chi connectivity index (χ4v) is 4.92. The molecule has 0 aromatic heterocycles. The summed E-state index contributed by atoms with van der Waals surface area (Å²) in [5.41, 5.74) is -1.03. The van der Waals surface area contributed by atoms with Crippen LogP contribution < -0.4 is 9.47 Å². The molecule has 1 heterocycles. The number of halogens is 3. The lowest BCUT2D eigenvalue weighted by Crippen LogP contribution is -2.40. The first-order valence-corrected chi connectivity index (χ1v) is 11.7. The van der Waals surface area contributed by atoms with E-state index in [9.17, 15) is 26.4 Å². The zero-order valence-corrected chi connectivity index (χ0v) is 18.7. The van der Waals surface area contributed by atoms with Crippen LogP contribution in [0.25, 0.3) is 0 Å². The van der Waals surface area contributed by atoms with Gasteiger partial charge in [-0.15, -0.1) is 0 Å². The Hall–Kier alpha value is -2.79. The van der Waals surface area contributed by atoms with Crippen LogP contribution >= 0.6 is 0 Å². The lowest BCUT2D eigenvalue weighted by molar-refractivity contribution is -0.150. The van der Waals surface area contributed by atoms with Crippen molar-refractivity contribution < 1.29 is 40.6 Å². The van der Waals surface area contributed by atoms with Crippen molar-refractivity contribution in [3.8, 4) is 11.5 Å². The van der Waals surface area contributed by atoms with Gasteiger partial charge in [-0.3, -0.25) is 4.79 Å². The lowest BCUT2D eigenvalue weighted by Gasteiger charge is -2.30. The van der Waals surface area contributed by atoms with Gasteiger partial charge in [0.25, 0.3) is 0 Å². The molecule has 180 valence electrons. The number of sulfonamides is 1. The number of carbonyl (C=O) groups is 1. The van der Waals surface area contributed by atoms with Crippen LogP contribution in [0.1, 0.15) is 18.4 Å². The first-order chi connectivity index (χ1) is 15.6. The molecule has 0 radical (unpaired) electrons. The number of ether oxygens (including phenoxy) is 3. The van der Waals surface area contributed by atoms with E-state index < -0.39 is 38.5 Å². The summed E-state index contributed by atoms with van der Waals surface area (Å²) in [5.74, 6) is 0.346. The first-order valence-electron chi connectivity index (χ1n) is 10.2. The second kappa shape index (κ2) is 10.4. The SMILES string of the molecule is COc1ccc(OCCOC(=O)C2CCN(S(=O)(=O)c3cccc(C(F)(F)F)c3)CC2)cc1. The van der Waals surface area contributed by atoms with Crippen LogP contribution in [0.3, 0.4) is 0 Å². The molecule has 11 heteroatoms. The van der Waals surface area contributed by atoms with Gasteiger partial charge < -0.3 is 14.2 Å². The number of hydrogen-bond donors (Lipinski definition) is 0. The first kappa shape index (κ1) is 24.8. The Bertz CT molecular complexity index is 1050. The van der Waals surface area contributed by atoms with Gasteiger partial charge in [0, 0.05) is 13.1 Å². The third-order valence-corrected chi connectivity index (χ3v) is 7.14. The molecule has 7 nitrogen and oxygen atoms in total. The number of carbonyl (C=O) groups excluding carboxylic acids is 1. The minimum Gasteiger partial charge on any atom is -0.497 e. The highest BCUT2D eigenvalue weighted by atomic mass is 32.2. The van der Waals surface area contributed by atoms with Crippen molar-refractivity contribution in [2.45, 2.75) is 23.9 Å². The number of alkyl halides is 3. The van der Waals surface area contributed by atoms with Gasteiger partial charge in [-0.1, -0.05) is 6.07 Å². The Morgan fingerprint density at radius 2 is 1.67 bits per heavy atom. The van der Waals surface area contributed by atoms with Crippen molar-refractivity contribution in [1.82, 2.24) is 4.31 Å². The second-order valence-electron chi connectivity index (χ2n) is 7.40. The van der Waals surface area contributed by atoms with Crippen LogP contribution in [0.2, 0.25) is 0 Å². The summed E-state index contributed by atoms with van der Waals surface area (Å²) in [7, 11) is -2.54. The molecule has 1 saturated heterocycles. The number of hydrogen-bond acceptors (Lipinski definition) is 6. The summed E-state index contributed by atoms with van der Waals surface area (Å²) in [5, 5.41) is 0. The van der Waals surface area contributed by atoms with Gasteiger partial charge in [-0.25, -0.2) is 8.42 Å². The molecule has 0 unspecified atom stereocenters. The molecule has 33 heavy (non-hydrogen) atoms. The van der Waals surface area contributed by atoms with Crippen LogP contribution in [-0.2, 0) is 25.7 Å². The molecule has 0 N–H and O–H groups in total. The Labute approximate surface area is 190 Å². The smallest absolute Gasteiger partial charge is 0.416 e. The molecule has 0 atom stereocenters. The number of nitrogens with zero attached hydrogens (tertiary/aromatic N) is 1. The maximum Gasteiger partial charge on any atom is 0.416 e. The average molecular weight is 487 g/mol. The summed E-state index contributed by atoms with van der Waals surface area (Å²) >= 11 is 0. The van der Waals surface area contributed by atoms with Crippen molar-refractivity contribution in [2.24, 2.45) is 5.92 Å². The molecule has 1 aliphatic heterocycles. The number of piperidine rings is 1. The normalized spacial score (nSPS) is 15.8. The summed E-state index contributed by atoms with van der Waals surface area (Å²) in [6, 6.07) is 10.6. The average Bonchev–Trinajstić information content (AvgIpc) is 2.81. The number of methoxy groups -OCH3 is 1. The van der Waals surface area contributed by atoms with E-state index in [4.69, 9.17) is 14.2 Å². The van der Waals surface area contributed by atoms with Crippen molar-refractivity contribution in [3.63, 3.8) is 0 Å². The van der Waals surface area contributed by atoms with Crippen molar-refractivity contribution in [1.29, 1.82) is 0 Å². The molecule has 1 fully saturated rings. The van der Waals surface area contributed by atoms with Gasteiger partial charge in [0.05, 0.1) is 23.5 Å². The standard InChI is InChI=1S/C22H24F3NO6S/c1-30-18-5-7-19(8-6-18)31-13-14-32-21(27)16-9-11-26(12-10-16)33(28,29)20-4-2-3-17(15-20)22(23,24)25/h2-8,15-16H,9-14H2,1H3. The second-order valence-corrected chi connectivity index (χ2v) is 9.33. The fraction of sp³-hybridized carbons (Fsp3) is 0.409. The molecule has 0 spiro atoms.